The summed E-state index contributed by atoms with van der Waals surface area (Å²) < 4.78 is 2.50. The molecule has 0 saturated carbocycles. The van der Waals surface area contributed by atoms with E-state index in [2.05, 4.69) is 52.7 Å². The quantitative estimate of drug-likeness (QED) is 0.586. The fourth-order valence-corrected chi connectivity index (χ4v) is 2.60. The van der Waals surface area contributed by atoms with Crippen LogP contribution in [0.3, 0.4) is 0 Å². The average molecular weight is 399 g/mol. The van der Waals surface area contributed by atoms with Gasteiger partial charge in [0.15, 0.2) is 0 Å². The molecule has 1 aliphatic rings. The fourth-order valence-electron chi connectivity index (χ4n) is 2.24. The number of nitrogens with zero attached hydrogens (tertiary/aromatic N) is 6. The number of rotatable bonds is 5. The van der Waals surface area contributed by atoms with Gasteiger partial charge in [-0.1, -0.05) is 6.08 Å². The second-order valence-electron chi connectivity index (χ2n) is 5.21. The van der Waals surface area contributed by atoms with Crippen LogP contribution < -0.4 is 10.6 Å². The minimum atomic E-state index is 0.459. The molecule has 0 unspecified atom stereocenters. The van der Waals surface area contributed by atoms with Crippen molar-refractivity contribution in [1.82, 2.24) is 30.0 Å². The van der Waals surface area contributed by atoms with Crippen molar-refractivity contribution in [2.45, 2.75) is 13.5 Å². The summed E-state index contributed by atoms with van der Waals surface area (Å²) in [5.41, 5.74) is 2.56. The summed E-state index contributed by atoms with van der Waals surface area (Å²) >= 11 is 3.38. The lowest BCUT2D eigenvalue weighted by atomic mass is 10.1. The third-order valence-corrected chi connectivity index (χ3v) is 3.90. The van der Waals surface area contributed by atoms with Crippen LogP contribution >= 0.6 is 15.9 Å². The van der Waals surface area contributed by atoms with E-state index in [1.165, 1.54) is 6.33 Å². The molecule has 0 aliphatic carbocycles. The predicted octanol–water partition coefficient (Wildman–Crippen LogP) is 2.12. The van der Waals surface area contributed by atoms with Crippen molar-refractivity contribution < 1.29 is 0 Å². The minimum absolute atomic E-state index is 0.459. The van der Waals surface area contributed by atoms with Gasteiger partial charge in [0.25, 0.3) is 0 Å². The molecule has 9 heteroatoms. The number of aromatic nitrogens is 5. The Balaban J connectivity index is 1.81. The molecular formula is C16H15BrN8. The van der Waals surface area contributed by atoms with E-state index in [4.69, 9.17) is 0 Å². The molecule has 25 heavy (non-hydrogen) atoms. The molecule has 2 aromatic heterocycles. The number of nitrogens with one attached hydrogen (secondary N) is 2. The van der Waals surface area contributed by atoms with Gasteiger partial charge in [-0.05, 0) is 40.6 Å². The zero-order chi connectivity index (χ0) is 17.6. The van der Waals surface area contributed by atoms with Crippen LogP contribution in [0.2, 0.25) is 0 Å². The van der Waals surface area contributed by atoms with E-state index in [1.807, 2.05) is 25.2 Å². The fraction of sp³-hybridized carbons (Fsp3) is 0.188. The van der Waals surface area contributed by atoms with Crippen LogP contribution in [-0.2, 0) is 6.54 Å². The highest BCUT2D eigenvalue weighted by Crippen LogP contribution is 2.23. The van der Waals surface area contributed by atoms with Gasteiger partial charge in [0, 0.05) is 12.7 Å². The number of anilines is 1. The van der Waals surface area contributed by atoms with E-state index in [-0.39, 0.29) is 0 Å². The molecule has 0 spiro atoms. The van der Waals surface area contributed by atoms with Crippen molar-refractivity contribution >= 4 is 27.5 Å². The van der Waals surface area contributed by atoms with E-state index in [1.54, 1.807) is 17.2 Å². The number of nitriles is 1. The average Bonchev–Trinajstić information content (AvgIpc) is 3.12. The number of dihydropyridines is 1. The van der Waals surface area contributed by atoms with Gasteiger partial charge in [-0.2, -0.15) is 10.4 Å². The van der Waals surface area contributed by atoms with Gasteiger partial charge in [-0.25, -0.2) is 15.0 Å². The lowest BCUT2D eigenvalue weighted by Gasteiger charge is -2.14. The predicted molar refractivity (Wildman–Crippen MR) is 97.1 cm³/mol. The van der Waals surface area contributed by atoms with E-state index >= 15 is 0 Å². The van der Waals surface area contributed by atoms with Gasteiger partial charge >= 0.3 is 0 Å². The lowest BCUT2D eigenvalue weighted by Crippen LogP contribution is -2.15. The Morgan fingerprint density at radius 2 is 2.36 bits per heavy atom. The van der Waals surface area contributed by atoms with E-state index in [9.17, 15) is 5.26 Å². The molecule has 3 heterocycles. The Hall–Kier alpha value is -2.99. The molecule has 1 aliphatic heterocycles. The first-order valence-electron chi connectivity index (χ1n) is 7.53. The molecule has 0 radical (unpaired) electrons. The Kier molecular flexibility index (Phi) is 5.20. The molecular weight excluding hydrogens is 384 g/mol. The van der Waals surface area contributed by atoms with Crippen LogP contribution in [0, 0.1) is 18.3 Å². The van der Waals surface area contributed by atoms with Gasteiger partial charge in [0.1, 0.15) is 24.3 Å². The summed E-state index contributed by atoms with van der Waals surface area (Å²) in [6.45, 7) is 3.11. The molecule has 8 nitrogen and oxygen atoms in total. The summed E-state index contributed by atoms with van der Waals surface area (Å²) in [7, 11) is 0. The molecule has 0 atom stereocenters. The zero-order valence-corrected chi connectivity index (χ0v) is 15.0. The topological polar surface area (TPSA) is 104 Å². The third-order valence-electron chi connectivity index (χ3n) is 3.44. The molecule has 3 rings (SSSR count). The summed E-state index contributed by atoms with van der Waals surface area (Å²) in [6.07, 6.45) is 10.4. The first-order valence-corrected chi connectivity index (χ1v) is 8.32. The minimum Gasteiger partial charge on any atom is -0.352 e. The van der Waals surface area contributed by atoms with Crippen molar-refractivity contribution in [3.8, 4) is 6.07 Å². The van der Waals surface area contributed by atoms with Crippen molar-refractivity contribution in [2.24, 2.45) is 0 Å². The standard InChI is InChI=1S/C16H15BrN8/c1-11-8-21-16(20-5-6-25-10-19-9-22-25)24-15(11)12(7-18)13-3-2-4-14(17)23-13/h2-4,8-10,23H,5-6H2,1H3,(H,20,21,24). The number of hydrogen-bond donors (Lipinski definition) is 2. The molecule has 0 bridgehead atoms. The number of halogens is 1. The lowest BCUT2D eigenvalue weighted by molar-refractivity contribution is 0.634. The Morgan fingerprint density at radius 3 is 3.08 bits per heavy atom. The van der Waals surface area contributed by atoms with Crippen molar-refractivity contribution in [1.29, 1.82) is 5.26 Å². The van der Waals surface area contributed by atoms with Crippen molar-refractivity contribution in [3.05, 3.63) is 58.6 Å². The Morgan fingerprint density at radius 1 is 1.48 bits per heavy atom. The first-order chi connectivity index (χ1) is 12.2. The maximum absolute atomic E-state index is 9.62. The van der Waals surface area contributed by atoms with Crippen molar-refractivity contribution in [3.63, 3.8) is 0 Å². The normalized spacial score (nSPS) is 15.2. The number of aryl methyl sites for hydroxylation is 1. The Bertz CT molecular complexity index is 889. The summed E-state index contributed by atoms with van der Waals surface area (Å²) in [5.74, 6) is 0.462. The van der Waals surface area contributed by atoms with Crippen LogP contribution in [-0.4, -0.2) is 31.3 Å². The maximum atomic E-state index is 9.62. The van der Waals surface area contributed by atoms with E-state index < -0.39 is 0 Å². The second kappa shape index (κ2) is 7.72. The molecule has 0 amide bonds. The first kappa shape index (κ1) is 16.9. The Labute approximate surface area is 153 Å². The number of allylic oxidation sites excluding steroid dienone is 4. The summed E-state index contributed by atoms with van der Waals surface area (Å²) in [5, 5.41) is 19.9. The smallest absolute Gasteiger partial charge is 0.223 e. The molecule has 2 aromatic rings. The van der Waals surface area contributed by atoms with Crippen LogP contribution in [0.5, 0.6) is 0 Å². The van der Waals surface area contributed by atoms with E-state index in [0.29, 0.717) is 36.0 Å². The van der Waals surface area contributed by atoms with Gasteiger partial charge in [-0.15, -0.1) is 0 Å². The monoisotopic (exact) mass is 398 g/mol. The SMILES string of the molecule is Cc1cnc(NCCn2cncn2)nc1C(C#N)=C1C=CC=C(Br)N1. The van der Waals surface area contributed by atoms with Gasteiger partial charge in [0.2, 0.25) is 5.95 Å². The maximum Gasteiger partial charge on any atom is 0.223 e. The van der Waals surface area contributed by atoms with E-state index in [0.717, 1.165) is 10.2 Å². The van der Waals surface area contributed by atoms with Gasteiger partial charge < -0.3 is 10.6 Å². The number of hydrogen-bond acceptors (Lipinski definition) is 7. The third kappa shape index (κ3) is 4.10. The zero-order valence-electron chi connectivity index (χ0n) is 13.4. The van der Waals surface area contributed by atoms with Crippen LogP contribution in [0.4, 0.5) is 5.95 Å². The molecule has 2 N–H and O–H groups in total. The highest BCUT2D eigenvalue weighted by atomic mass is 79.9. The molecule has 0 aromatic carbocycles. The summed E-state index contributed by atoms with van der Waals surface area (Å²) in [4.78, 5) is 12.7. The largest absolute Gasteiger partial charge is 0.352 e. The summed E-state index contributed by atoms with van der Waals surface area (Å²) in [6, 6.07) is 2.23. The highest BCUT2D eigenvalue weighted by molar-refractivity contribution is 9.11. The molecule has 126 valence electrons. The highest BCUT2D eigenvalue weighted by Gasteiger charge is 2.15. The van der Waals surface area contributed by atoms with Gasteiger partial charge in [0.05, 0.1) is 22.5 Å². The van der Waals surface area contributed by atoms with Crippen LogP contribution in [0.1, 0.15) is 11.3 Å². The molecule has 0 fully saturated rings. The molecule has 0 saturated heterocycles. The van der Waals surface area contributed by atoms with Crippen molar-refractivity contribution in [2.75, 3.05) is 11.9 Å². The van der Waals surface area contributed by atoms with Crippen LogP contribution in [0.25, 0.3) is 5.57 Å². The van der Waals surface area contributed by atoms with Crippen LogP contribution in [0.15, 0.2) is 47.4 Å². The second-order valence-corrected chi connectivity index (χ2v) is 6.06. The van der Waals surface area contributed by atoms with Gasteiger partial charge in [-0.3, -0.25) is 4.68 Å².